The minimum absolute atomic E-state index is 0.137. The Bertz CT molecular complexity index is 246. The van der Waals surface area contributed by atoms with Crippen LogP contribution in [0.1, 0.15) is 32.1 Å². The molecule has 0 unspecified atom stereocenters. The topological polar surface area (TPSA) is 58.2 Å². The second-order valence-electron chi connectivity index (χ2n) is 4.06. The van der Waals surface area contributed by atoms with Crippen LogP contribution in [0.25, 0.3) is 0 Å². The molecule has 0 saturated heterocycles. The molecular formula is C10H18N2O2S2. The Morgan fingerprint density at radius 2 is 1.38 bits per heavy atom. The molecule has 4 nitrogen and oxygen atoms in total. The lowest BCUT2D eigenvalue weighted by Gasteiger charge is -2.38. The molecule has 0 atom stereocenters. The molecule has 2 N–H and O–H groups in total. The van der Waals surface area contributed by atoms with Gasteiger partial charge in [-0.05, 0) is 25.7 Å². The highest BCUT2D eigenvalue weighted by Gasteiger charge is 2.34. The van der Waals surface area contributed by atoms with Gasteiger partial charge in [0.2, 0.25) is 11.8 Å². The molecule has 0 aromatic carbocycles. The highest BCUT2D eigenvalue weighted by molar-refractivity contribution is 7.81. The molecule has 1 rings (SSSR count). The van der Waals surface area contributed by atoms with E-state index >= 15 is 0 Å². The van der Waals surface area contributed by atoms with Crippen LogP contribution in [0.15, 0.2) is 0 Å². The summed E-state index contributed by atoms with van der Waals surface area (Å²) in [5.74, 6) is -0.0221. The molecule has 92 valence electrons. The minimum Gasteiger partial charge on any atom is -0.333 e. The van der Waals surface area contributed by atoms with E-state index in [0.29, 0.717) is 0 Å². The van der Waals surface area contributed by atoms with Crippen LogP contribution in [0.2, 0.25) is 0 Å². The molecule has 0 radical (unpaired) electrons. The van der Waals surface area contributed by atoms with E-state index in [-0.39, 0.29) is 23.3 Å². The fraction of sp³-hybridized carbons (Fsp3) is 0.800. The largest absolute Gasteiger partial charge is 0.333 e. The number of carbonyl (C=O) groups is 2. The highest BCUT2D eigenvalue weighted by Crippen LogP contribution is 2.25. The summed E-state index contributed by atoms with van der Waals surface area (Å²) in [6.45, 7) is 0. The smallest absolute Gasteiger partial charge is 0.231 e. The zero-order chi connectivity index (χ0) is 12.0. The van der Waals surface area contributed by atoms with Gasteiger partial charge in [0.05, 0.1) is 11.5 Å². The van der Waals surface area contributed by atoms with Crippen LogP contribution in [0.3, 0.4) is 0 Å². The molecule has 16 heavy (non-hydrogen) atoms. The Kier molecular flexibility index (Phi) is 5.48. The molecule has 0 aliphatic heterocycles. The third-order valence-corrected chi connectivity index (χ3v) is 3.33. The quantitative estimate of drug-likeness (QED) is 0.446. The van der Waals surface area contributed by atoms with Crippen LogP contribution in [0.4, 0.5) is 0 Å². The molecule has 0 spiro atoms. The predicted octanol–water partition coefficient (Wildman–Crippen LogP) is 0.739. The summed E-state index contributed by atoms with van der Waals surface area (Å²) in [5.41, 5.74) is -0.572. The van der Waals surface area contributed by atoms with Gasteiger partial charge in [-0.2, -0.15) is 25.3 Å². The number of amides is 2. The SMILES string of the molecule is O=C(CS)NC1(NC(=O)CS)CCCCC1. The normalized spacial score (nSPS) is 18.9. The third kappa shape index (κ3) is 3.90. The van der Waals surface area contributed by atoms with E-state index in [2.05, 4.69) is 35.9 Å². The van der Waals surface area contributed by atoms with Crippen LogP contribution in [-0.2, 0) is 9.59 Å². The van der Waals surface area contributed by atoms with Gasteiger partial charge in [-0.3, -0.25) is 9.59 Å². The summed E-state index contributed by atoms with van der Waals surface area (Å²) in [7, 11) is 0. The first-order valence-corrected chi connectivity index (χ1v) is 6.72. The Hall–Kier alpha value is -0.360. The van der Waals surface area contributed by atoms with Crippen molar-refractivity contribution in [3.63, 3.8) is 0 Å². The van der Waals surface area contributed by atoms with Crippen molar-refractivity contribution in [2.75, 3.05) is 11.5 Å². The van der Waals surface area contributed by atoms with Gasteiger partial charge in [-0.1, -0.05) is 6.42 Å². The summed E-state index contributed by atoms with van der Waals surface area (Å²) in [6, 6.07) is 0. The molecule has 1 saturated carbocycles. The van der Waals surface area contributed by atoms with E-state index in [0.717, 1.165) is 32.1 Å². The number of nitrogens with one attached hydrogen (secondary N) is 2. The van der Waals surface area contributed by atoms with E-state index in [1.54, 1.807) is 0 Å². The third-order valence-electron chi connectivity index (χ3n) is 2.75. The monoisotopic (exact) mass is 262 g/mol. The van der Waals surface area contributed by atoms with Gasteiger partial charge in [0.1, 0.15) is 5.66 Å². The van der Waals surface area contributed by atoms with E-state index in [1.165, 1.54) is 0 Å². The van der Waals surface area contributed by atoms with Gasteiger partial charge in [-0.25, -0.2) is 0 Å². The standard InChI is InChI=1S/C10H18N2O2S2/c13-8(6-15)11-10(12-9(14)7-16)4-2-1-3-5-10/h15-16H,1-7H2,(H,11,13)(H,12,14). The molecule has 0 aromatic rings. The fourth-order valence-electron chi connectivity index (χ4n) is 2.05. The van der Waals surface area contributed by atoms with Gasteiger partial charge >= 0.3 is 0 Å². The van der Waals surface area contributed by atoms with Gasteiger partial charge < -0.3 is 10.6 Å². The Morgan fingerprint density at radius 1 is 0.938 bits per heavy atom. The van der Waals surface area contributed by atoms with Crippen LogP contribution >= 0.6 is 25.3 Å². The summed E-state index contributed by atoms with van der Waals surface area (Å²) < 4.78 is 0. The lowest BCUT2D eigenvalue weighted by molar-refractivity contribution is -0.125. The average Bonchev–Trinajstić information content (AvgIpc) is 2.29. The summed E-state index contributed by atoms with van der Waals surface area (Å²) in [6.07, 6.45) is 4.74. The molecule has 1 fully saturated rings. The molecule has 6 heteroatoms. The molecule has 0 aromatic heterocycles. The van der Waals surface area contributed by atoms with E-state index < -0.39 is 5.66 Å². The number of rotatable bonds is 4. The number of hydrogen-bond donors (Lipinski definition) is 4. The Labute approximate surface area is 107 Å². The number of thiol groups is 2. The van der Waals surface area contributed by atoms with Crippen molar-refractivity contribution in [3.8, 4) is 0 Å². The van der Waals surface area contributed by atoms with Gasteiger partial charge in [0.25, 0.3) is 0 Å². The average molecular weight is 262 g/mol. The van der Waals surface area contributed by atoms with Crippen LogP contribution in [0, 0.1) is 0 Å². The second kappa shape index (κ2) is 6.39. The van der Waals surface area contributed by atoms with E-state index in [4.69, 9.17) is 0 Å². The molecule has 2 amide bonds. The molecular weight excluding hydrogens is 244 g/mol. The Morgan fingerprint density at radius 3 is 1.75 bits per heavy atom. The van der Waals surface area contributed by atoms with Crippen molar-refractivity contribution in [2.45, 2.75) is 37.8 Å². The Balaban J connectivity index is 2.66. The fourth-order valence-corrected chi connectivity index (χ4v) is 2.21. The van der Waals surface area contributed by atoms with Crippen LogP contribution < -0.4 is 10.6 Å². The van der Waals surface area contributed by atoms with Crippen LogP contribution in [-0.4, -0.2) is 29.0 Å². The van der Waals surface area contributed by atoms with Crippen molar-refractivity contribution in [2.24, 2.45) is 0 Å². The second-order valence-corrected chi connectivity index (χ2v) is 4.69. The van der Waals surface area contributed by atoms with Gasteiger partial charge in [0.15, 0.2) is 0 Å². The maximum Gasteiger partial charge on any atom is 0.231 e. The zero-order valence-electron chi connectivity index (χ0n) is 9.16. The molecule has 0 heterocycles. The first-order valence-electron chi connectivity index (χ1n) is 5.45. The zero-order valence-corrected chi connectivity index (χ0v) is 10.9. The lowest BCUT2D eigenvalue weighted by atomic mass is 9.88. The van der Waals surface area contributed by atoms with Crippen molar-refractivity contribution in [3.05, 3.63) is 0 Å². The summed E-state index contributed by atoms with van der Waals surface area (Å²) >= 11 is 7.85. The maximum absolute atomic E-state index is 11.4. The van der Waals surface area contributed by atoms with Crippen molar-refractivity contribution in [1.29, 1.82) is 0 Å². The lowest BCUT2D eigenvalue weighted by Crippen LogP contribution is -2.62. The first-order chi connectivity index (χ1) is 7.62. The van der Waals surface area contributed by atoms with Crippen molar-refractivity contribution >= 4 is 37.1 Å². The first kappa shape index (κ1) is 13.7. The molecule has 1 aliphatic carbocycles. The van der Waals surface area contributed by atoms with E-state index in [9.17, 15) is 9.59 Å². The summed E-state index contributed by atoms with van der Waals surface area (Å²) in [4.78, 5) is 22.8. The predicted molar refractivity (Wildman–Crippen MR) is 69.8 cm³/mol. The van der Waals surface area contributed by atoms with Crippen LogP contribution in [0.5, 0.6) is 0 Å². The van der Waals surface area contributed by atoms with Crippen molar-refractivity contribution < 1.29 is 9.59 Å². The van der Waals surface area contributed by atoms with Gasteiger partial charge in [0, 0.05) is 0 Å². The molecule has 1 aliphatic rings. The molecule has 0 bridgehead atoms. The van der Waals surface area contributed by atoms with Gasteiger partial charge in [-0.15, -0.1) is 0 Å². The minimum atomic E-state index is -0.572. The number of hydrogen-bond acceptors (Lipinski definition) is 4. The van der Waals surface area contributed by atoms with Crippen molar-refractivity contribution in [1.82, 2.24) is 10.6 Å². The number of carbonyl (C=O) groups excluding carboxylic acids is 2. The highest BCUT2D eigenvalue weighted by atomic mass is 32.1. The van der Waals surface area contributed by atoms with E-state index in [1.807, 2.05) is 0 Å². The maximum atomic E-state index is 11.4. The summed E-state index contributed by atoms with van der Waals surface area (Å²) in [5, 5.41) is 5.73.